The van der Waals surface area contributed by atoms with E-state index < -0.39 is 11.5 Å². The van der Waals surface area contributed by atoms with E-state index in [1.807, 2.05) is 13.8 Å². The lowest BCUT2D eigenvalue weighted by atomic mass is 9.73. The summed E-state index contributed by atoms with van der Waals surface area (Å²) in [6, 6.07) is 0. The standard InChI is InChI=1S/C13H19N3O3S/c1-3-9-10(20-16-15-9)11(17)14-13(12(18)19)7-5-4-6-8(13)2/h8H,3-7H2,1-2H3,(H,14,17)(H,18,19). The molecule has 6 nitrogen and oxygen atoms in total. The van der Waals surface area contributed by atoms with Crippen molar-refractivity contribution in [3.8, 4) is 0 Å². The molecule has 1 aliphatic rings. The van der Waals surface area contributed by atoms with Gasteiger partial charge in [-0.1, -0.05) is 31.2 Å². The Balaban J connectivity index is 2.25. The Hall–Kier alpha value is -1.50. The number of aryl methyl sites for hydroxylation is 1. The molecule has 110 valence electrons. The first-order valence-corrected chi connectivity index (χ1v) is 7.65. The van der Waals surface area contributed by atoms with Gasteiger partial charge in [0.2, 0.25) is 0 Å². The first kappa shape index (κ1) is 14.9. The Labute approximate surface area is 121 Å². The van der Waals surface area contributed by atoms with Gasteiger partial charge in [-0.3, -0.25) is 4.79 Å². The lowest BCUT2D eigenvalue weighted by Gasteiger charge is -2.39. The number of nitrogens with one attached hydrogen (secondary N) is 1. The third-order valence-corrected chi connectivity index (χ3v) is 4.88. The molecule has 0 aliphatic heterocycles. The highest BCUT2D eigenvalue weighted by Gasteiger charge is 2.46. The highest BCUT2D eigenvalue weighted by atomic mass is 32.1. The summed E-state index contributed by atoms with van der Waals surface area (Å²) < 4.78 is 3.78. The van der Waals surface area contributed by atoms with E-state index in [4.69, 9.17) is 0 Å². The maximum absolute atomic E-state index is 12.4. The minimum atomic E-state index is -1.16. The maximum Gasteiger partial charge on any atom is 0.329 e. The van der Waals surface area contributed by atoms with Crippen LogP contribution >= 0.6 is 11.5 Å². The summed E-state index contributed by atoms with van der Waals surface area (Å²) in [4.78, 5) is 24.5. The van der Waals surface area contributed by atoms with Gasteiger partial charge in [0.05, 0.1) is 5.69 Å². The zero-order chi connectivity index (χ0) is 14.8. The van der Waals surface area contributed by atoms with E-state index in [0.717, 1.165) is 30.8 Å². The van der Waals surface area contributed by atoms with Gasteiger partial charge < -0.3 is 10.4 Å². The van der Waals surface area contributed by atoms with Crippen molar-refractivity contribution in [1.82, 2.24) is 14.9 Å². The molecule has 0 aromatic carbocycles. The Morgan fingerprint density at radius 1 is 1.50 bits per heavy atom. The molecule has 1 aliphatic carbocycles. The first-order valence-electron chi connectivity index (χ1n) is 6.88. The van der Waals surface area contributed by atoms with Gasteiger partial charge in [-0.25, -0.2) is 4.79 Å². The number of carbonyl (C=O) groups is 2. The first-order chi connectivity index (χ1) is 9.51. The van der Waals surface area contributed by atoms with Crippen LogP contribution in [0.1, 0.15) is 54.9 Å². The monoisotopic (exact) mass is 297 g/mol. The number of nitrogens with zero attached hydrogens (tertiary/aromatic N) is 2. The smallest absolute Gasteiger partial charge is 0.329 e. The van der Waals surface area contributed by atoms with Crippen LogP contribution < -0.4 is 5.32 Å². The van der Waals surface area contributed by atoms with Crippen LogP contribution in [0.4, 0.5) is 0 Å². The highest BCUT2D eigenvalue weighted by Crippen LogP contribution is 2.34. The third-order valence-electron chi connectivity index (χ3n) is 4.11. The number of carboxylic acids is 1. The van der Waals surface area contributed by atoms with Gasteiger partial charge in [0.15, 0.2) is 0 Å². The second-order valence-electron chi connectivity index (χ2n) is 5.28. The second kappa shape index (κ2) is 5.87. The fourth-order valence-electron chi connectivity index (χ4n) is 2.78. The summed E-state index contributed by atoms with van der Waals surface area (Å²) in [6.45, 7) is 3.78. The Morgan fingerprint density at radius 3 is 2.85 bits per heavy atom. The van der Waals surface area contributed by atoms with Crippen LogP contribution in [0.25, 0.3) is 0 Å². The number of carboxylic acid groups (broad SMARTS) is 1. The molecule has 2 rings (SSSR count). The van der Waals surface area contributed by atoms with Crippen molar-refractivity contribution in [2.24, 2.45) is 5.92 Å². The number of carbonyl (C=O) groups excluding carboxylic acids is 1. The molecule has 1 aromatic rings. The van der Waals surface area contributed by atoms with E-state index in [1.54, 1.807) is 0 Å². The number of rotatable bonds is 4. The predicted molar refractivity (Wildman–Crippen MR) is 74.8 cm³/mol. The molecule has 1 amide bonds. The van der Waals surface area contributed by atoms with Gasteiger partial charge >= 0.3 is 5.97 Å². The van der Waals surface area contributed by atoms with Crippen molar-refractivity contribution < 1.29 is 14.7 Å². The van der Waals surface area contributed by atoms with Crippen LogP contribution in [-0.4, -0.2) is 32.1 Å². The largest absolute Gasteiger partial charge is 0.479 e. The van der Waals surface area contributed by atoms with Gasteiger partial charge in [0.1, 0.15) is 10.4 Å². The number of hydrogen-bond acceptors (Lipinski definition) is 5. The van der Waals surface area contributed by atoms with Crippen LogP contribution in [0.15, 0.2) is 0 Å². The molecule has 1 saturated carbocycles. The van der Waals surface area contributed by atoms with E-state index in [2.05, 4.69) is 14.9 Å². The van der Waals surface area contributed by atoms with E-state index in [1.165, 1.54) is 0 Å². The second-order valence-corrected chi connectivity index (χ2v) is 6.03. The molecule has 2 N–H and O–H groups in total. The van der Waals surface area contributed by atoms with Crippen molar-refractivity contribution in [3.05, 3.63) is 10.6 Å². The molecule has 2 unspecified atom stereocenters. The lowest BCUT2D eigenvalue weighted by Crippen LogP contribution is -2.60. The van der Waals surface area contributed by atoms with E-state index in [0.29, 0.717) is 23.4 Å². The molecule has 0 radical (unpaired) electrons. The SMILES string of the molecule is CCc1nnsc1C(=O)NC1(C(=O)O)CCCCC1C. The normalized spacial score (nSPS) is 26.2. The summed E-state index contributed by atoms with van der Waals surface area (Å²) in [6.07, 6.45) is 3.72. The molecule has 1 fully saturated rings. The summed E-state index contributed by atoms with van der Waals surface area (Å²) in [5.41, 5.74) is -0.541. The van der Waals surface area contributed by atoms with Gasteiger partial charge in [-0.2, -0.15) is 0 Å². The molecule has 2 atom stereocenters. The summed E-state index contributed by atoms with van der Waals surface area (Å²) in [5, 5.41) is 16.2. The third kappa shape index (κ3) is 2.54. The molecule has 0 spiro atoms. The number of amides is 1. The summed E-state index contributed by atoms with van der Waals surface area (Å²) >= 11 is 1.02. The van der Waals surface area contributed by atoms with Crippen molar-refractivity contribution in [1.29, 1.82) is 0 Å². The lowest BCUT2D eigenvalue weighted by molar-refractivity contribution is -0.148. The van der Waals surface area contributed by atoms with Gasteiger partial charge in [0, 0.05) is 0 Å². The predicted octanol–water partition coefficient (Wildman–Crippen LogP) is 1.86. The van der Waals surface area contributed by atoms with Crippen molar-refractivity contribution in [2.45, 2.75) is 51.5 Å². The topological polar surface area (TPSA) is 92.2 Å². The van der Waals surface area contributed by atoms with Crippen molar-refractivity contribution in [2.75, 3.05) is 0 Å². The molecule has 1 aromatic heterocycles. The van der Waals surface area contributed by atoms with Crippen molar-refractivity contribution >= 4 is 23.4 Å². The number of aliphatic carboxylic acids is 1. The molecule has 0 bridgehead atoms. The number of aromatic nitrogens is 2. The van der Waals surface area contributed by atoms with Crippen LogP contribution in [0.5, 0.6) is 0 Å². The fourth-order valence-corrected chi connectivity index (χ4v) is 3.42. The summed E-state index contributed by atoms with van der Waals surface area (Å²) in [7, 11) is 0. The molecule has 0 saturated heterocycles. The van der Waals surface area contributed by atoms with E-state index >= 15 is 0 Å². The van der Waals surface area contributed by atoms with Crippen molar-refractivity contribution in [3.63, 3.8) is 0 Å². The zero-order valence-electron chi connectivity index (χ0n) is 11.7. The van der Waals surface area contributed by atoms with E-state index in [9.17, 15) is 14.7 Å². The quantitative estimate of drug-likeness (QED) is 0.885. The molecular weight excluding hydrogens is 278 g/mol. The van der Waals surface area contributed by atoms with Gasteiger partial charge in [-0.05, 0) is 36.7 Å². The van der Waals surface area contributed by atoms with Gasteiger partial charge in [-0.15, -0.1) is 5.10 Å². The summed E-state index contributed by atoms with van der Waals surface area (Å²) in [5.74, 6) is -1.40. The molecular formula is C13H19N3O3S. The average Bonchev–Trinajstić information content (AvgIpc) is 2.89. The number of hydrogen-bond donors (Lipinski definition) is 2. The zero-order valence-corrected chi connectivity index (χ0v) is 12.5. The minimum Gasteiger partial charge on any atom is -0.479 e. The highest BCUT2D eigenvalue weighted by molar-refractivity contribution is 7.08. The van der Waals surface area contributed by atoms with Crippen LogP contribution in [-0.2, 0) is 11.2 Å². The van der Waals surface area contributed by atoms with Crippen LogP contribution in [0.3, 0.4) is 0 Å². The molecule has 1 heterocycles. The molecule has 20 heavy (non-hydrogen) atoms. The maximum atomic E-state index is 12.4. The average molecular weight is 297 g/mol. The fraction of sp³-hybridized carbons (Fsp3) is 0.692. The van der Waals surface area contributed by atoms with Gasteiger partial charge in [0.25, 0.3) is 5.91 Å². The van der Waals surface area contributed by atoms with E-state index in [-0.39, 0.29) is 11.8 Å². The Kier molecular flexibility index (Phi) is 4.37. The van der Waals surface area contributed by atoms with Crippen LogP contribution in [0.2, 0.25) is 0 Å². The Morgan fingerprint density at radius 2 is 2.25 bits per heavy atom. The minimum absolute atomic E-state index is 0.0799. The Bertz CT molecular complexity index is 517. The molecule has 7 heteroatoms. The van der Waals surface area contributed by atoms with Crippen LogP contribution in [0, 0.1) is 5.92 Å².